The van der Waals surface area contributed by atoms with E-state index in [4.69, 9.17) is 5.73 Å². The van der Waals surface area contributed by atoms with E-state index in [0.717, 1.165) is 38.6 Å². The quantitative estimate of drug-likeness (QED) is 0.653. The molecule has 2 unspecified atom stereocenters. The molecule has 0 spiro atoms. The van der Waals surface area contributed by atoms with E-state index in [1.165, 1.54) is 12.8 Å². The second kappa shape index (κ2) is 10.4. The summed E-state index contributed by atoms with van der Waals surface area (Å²) in [6.45, 7) is 7.95. The highest BCUT2D eigenvalue weighted by molar-refractivity contribution is 5.85. The third kappa shape index (κ3) is 6.62. The SMILES string of the molecule is CC(C)CC(C)(CN)NC(=O)C1CCCN(C(=O)NC2CCCC2)C1.Cl. The van der Waals surface area contributed by atoms with Crippen molar-refractivity contribution in [2.24, 2.45) is 17.6 Å². The van der Waals surface area contributed by atoms with Crippen LogP contribution in [0.15, 0.2) is 0 Å². The number of likely N-dealkylation sites (tertiary alicyclic amines) is 1. The third-order valence-corrected chi connectivity index (χ3v) is 5.50. The van der Waals surface area contributed by atoms with E-state index >= 15 is 0 Å². The number of halogens is 1. The van der Waals surface area contributed by atoms with Crippen molar-refractivity contribution in [3.05, 3.63) is 0 Å². The second-order valence-electron chi connectivity index (χ2n) is 8.57. The van der Waals surface area contributed by atoms with Gasteiger partial charge in [0.2, 0.25) is 5.91 Å². The highest BCUT2D eigenvalue weighted by Crippen LogP contribution is 2.22. The minimum atomic E-state index is -0.375. The van der Waals surface area contributed by atoms with E-state index in [0.29, 0.717) is 25.0 Å². The fourth-order valence-electron chi connectivity index (χ4n) is 4.20. The van der Waals surface area contributed by atoms with Crippen LogP contribution in [-0.2, 0) is 4.79 Å². The lowest BCUT2D eigenvalue weighted by atomic mass is 9.89. The van der Waals surface area contributed by atoms with E-state index in [9.17, 15) is 9.59 Å². The lowest BCUT2D eigenvalue weighted by molar-refractivity contribution is -0.128. The number of piperidine rings is 1. The van der Waals surface area contributed by atoms with Crippen LogP contribution >= 0.6 is 12.4 Å². The fraction of sp³-hybridized carbons (Fsp3) is 0.895. The van der Waals surface area contributed by atoms with Gasteiger partial charge in [0.25, 0.3) is 0 Å². The van der Waals surface area contributed by atoms with Crippen LogP contribution in [0.3, 0.4) is 0 Å². The Morgan fingerprint density at radius 1 is 1.19 bits per heavy atom. The van der Waals surface area contributed by atoms with E-state index in [-0.39, 0.29) is 35.8 Å². The number of hydrogen-bond donors (Lipinski definition) is 3. The molecule has 1 heterocycles. The molecule has 2 fully saturated rings. The van der Waals surface area contributed by atoms with E-state index < -0.39 is 0 Å². The van der Waals surface area contributed by atoms with Crippen molar-refractivity contribution >= 4 is 24.3 Å². The molecule has 0 bridgehead atoms. The summed E-state index contributed by atoms with van der Waals surface area (Å²) in [5.41, 5.74) is 5.54. The molecule has 0 aromatic heterocycles. The van der Waals surface area contributed by atoms with Crippen LogP contribution in [0.25, 0.3) is 0 Å². The molecule has 0 radical (unpaired) electrons. The van der Waals surface area contributed by atoms with Gasteiger partial charge in [0, 0.05) is 31.2 Å². The van der Waals surface area contributed by atoms with Crippen molar-refractivity contribution in [1.82, 2.24) is 15.5 Å². The number of carbonyl (C=O) groups is 2. The summed E-state index contributed by atoms with van der Waals surface area (Å²) in [4.78, 5) is 27.0. The lowest BCUT2D eigenvalue weighted by Crippen LogP contribution is -2.56. The van der Waals surface area contributed by atoms with Crippen LogP contribution < -0.4 is 16.4 Å². The molecule has 152 valence electrons. The van der Waals surface area contributed by atoms with Crippen LogP contribution in [0.1, 0.15) is 65.7 Å². The molecule has 2 rings (SSSR count). The highest BCUT2D eigenvalue weighted by Gasteiger charge is 2.33. The van der Waals surface area contributed by atoms with Crippen LogP contribution in [0.4, 0.5) is 4.79 Å². The molecular weight excluding hydrogens is 352 g/mol. The number of carbonyl (C=O) groups excluding carboxylic acids is 2. The van der Waals surface area contributed by atoms with Gasteiger partial charge < -0.3 is 21.3 Å². The maximum absolute atomic E-state index is 12.7. The number of nitrogens with one attached hydrogen (secondary N) is 2. The predicted molar refractivity (Wildman–Crippen MR) is 107 cm³/mol. The predicted octanol–water partition coefficient (Wildman–Crippen LogP) is 2.65. The first-order valence-electron chi connectivity index (χ1n) is 9.90. The Morgan fingerprint density at radius 2 is 1.85 bits per heavy atom. The Hall–Kier alpha value is -1.01. The molecule has 3 amide bonds. The molecule has 0 aromatic carbocycles. The summed E-state index contributed by atoms with van der Waals surface area (Å²) in [7, 11) is 0. The number of hydrogen-bond acceptors (Lipinski definition) is 3. The largest absolute Gasteiger partial charge is 0.349 e. The van der Waals surface area contributed by atoms with Crippen molar-refractivity contribution in [2.75, 3.05) is 19.6 Å². The van der Waals surface area contributed by atoms with Crippen molar-refractivity contribution in [2.45, 2.75) is 77.3 Å². The van der Waals surface area contributed by atoms with Crippen LogP contribution in [0.2, 0.25) is 0 Å². The topological polar surface area (TPSA) is 87.5 Å². The summed E-state index contributed by atoms with van der Waals surface area (Å²) in [5.74, 6) is 0.363. The maximum Gasteiger partial charge on any atom is 0.317 e. The molecule has 2 atom stereocenters. The van der Waals surface area contributed by atoms with E-state index in [2.05, 4.69) is 24.5 Å². The average molecular weight is 389 g/mol. The standard InChI is InChI=1S/C19H36N4O2.ClH/c1-14(2)11-19(3,13-20)22-17(24)15-7-6-10-23(12-15)18(25)21-16-8-4-5-9-16;/h14-16H,4-13,20H2,1-3H3,(H,21,25)(H,22,24);1H. The van der Waals surface area contributed by atoms with Crippen molar-refractivity contribution in [3.63, 3.8) is 0 Å². The van der Waals surface area contributed by atoms with Gasteiger partial charge in [-0.1, -0.05) is 26.7 Å². The molecule has 4 N–H and O–H groups in total. The highest BCUT2D eigenvalue weighted by atomic mass is 35.5. The van der Waals surface area contributed by atoms with E-state index in [1.807, 2.05) is 11.8 Å². The summed E-state index contributed by atoms with van der Waals surface area (Å²) >= 11 is 0. The smallest absolute Gasteiger partial charge is 0.317 e. The molecule has 1 aliphatic carbocycles. The molecule has 6 nitrogen and oxygen atoms in total. The first-order chi connectivity index (χ1) is 11.8. The fourth-order valence-corrected chi connectivity index (χ4v) is 4.20. The zero-order chi connectivity index (χ0) is 18.4. The average Bonchev–Trinajstić information content (AvgIpc) is 3.07. The van der Waals surface area contributed by atoms with Gasteiger partial charge in [-0.15, -0.1) is 12.4 Å². The van der Waals surface area contributed by atoms with Gasteiger partial charge in [-0.05, 0) is 44.9 Å². The first kappa shape index (κ1) is 23.0. The van der Waals surface area contributed by atoms with Gasteiger partial charge in [0.1, 0.15) is 0 Å². The molecule has 26 heavy (non-hydrogen) atoms. The Kier molecular flexibility index (Phi) is 9.17. The zero-order valence-corrected chi connectivity index (χ0v) is 17.4. The minimum Gasteiger partial charge on any atom is -0.349 e. The third-order valence-electron chi connectivity index (χ3n) is 5.50. The summed E-state index contributed by atoms with van der Waals surface area (Å²) in [6, 6.07) is 0.307. The van der Waals surface area contributed by atoms with E-state index in [1.54, 1.807) is 0 Å². The van der Waals surface area contributed by atoms with Crippen LogP contribution in [-0.4, -0.2) is 48.1 Å². The number of amides is 3. The molecule has 7 heteroatoms. The minimum absolute atomic E-state index is 0. The molecule has 0 aromatic rings. The zero-order valence-electron chi connectivity index (χ0n) is 16.6. The summed E-state index contributed by atoms with van der Waals surface area (Å²) < 4.78 is 0. The maximum atomic E-state index is 12.7. The van der Waals surface area contributed by atoms with Gasteiger partial charge in [-0.3, -0.25) is 4.79 Å². The molecule has 1 aliphatic heterocycles. The molecule has 1 saturated carbocycles. The second-order valence-corrected chi connectivity index (χ2v) is 8.57. The van der Waals surface area contributed by atoms with Gasteiger partial charge in [-0.25, -0.2) is 4.79 Å². The normalized spacial score (nSPS) is 23.3. The van der Waals surface area contributed by atoms with Crippen molar-refractivity contribution < 1.29 is 9.59 Å². The number of rotatable bonds is 6. The van der Waals surface area contributed by atoms with Crippen molar-refractivity contribution in [3.8, 4) is 0 Å². The Balaban J connectivity index is 0.00000338. The van der Waals surface area contributed by atoms with Gasteiger partial charge >= 0.3 is 6.03 Å². The Bertz CT molecular complexity index is 468. The number of nitrogens with two attached hydrogens (primary N) is 1. The summed E-state index contributed by atoms with van der Waals surface area (Å²) in [5, 5.41) is 6.28. The number of urea groups is 1. The molecule has 2 aliphatic rings. The van der Waals surface area contributed by atoms with Gasteiger partial charge in [0.05, 0.1) is 5.92 Å². The van der Waals surface area contributed by atoms with Crippen LogP contribution in [0.5, 0.6) is 0 Å². The van der Waals surface area contributed by atoms with Gasteiger partial charge in [0.15, 0.2) is 0 Å². The first-order valence-corrected chi connectivity index (χ1v) is 9.90. The molecular formula is C19H37ClN4O2. The Morgan fingerprint density at radius 3 is 2.42 bits per heavy atom. The molecule has 1 saturated heterocycles. The number of nitrogens with zero attached hydrogens (tertiary/aromatic N) is 1. The summed E-state index contributed by atoms with van der Waals surface area (Å²) in [6.07, 6.45) is 7.11. The van der Waals surface area contributed by atoms with Crippen molar-refractivity contribution in [1.29, 1.82) is 0 Å². The van der Waals surface area contributed by atoms with Gasteiger partial charge in [-0.2, -0.15) is 0 Å². The Labute approximate surface area is 164 Å². The monoisotopic (exact) mass is 388 g/mol. The lowest BCUT2D eigenvalue weighted by Gasteiger charge is -2.36. The van der Waals surface area contributed by atoms with Crippen LogP contribution in [0, 0.1) is 11.8 Å².